The van der Waals surface area contributed by atoms with Crippen molar-refractivity contribution in [3.63, 3.8) is 0 Å². The third-order valence-electron chi connectivity index (χ3n) is 5.06. The largest absolute Gasteiger partial charge is 0.492 e. The van der Waals surface area contributed by atoms with Gasteiger partial charge in [-0.25, -0.2) is 4.79 Å². The quantitative estimate of drug-likeness (QED) is 0.615. The topological polar surface area (TPSA) is 59.0 Å². The monoisotopic (exact) mass is 427 g/mol. The molecule has 0 saturated carbocycles. The fourth-order valence-electron chi connectivity index (χ4n) is 3.32. The van der Waals surface area contributed by atoms with Crippen LogP contribution in [-0.2, 0) is 15.6 Å². The molecule has 2 aromatic rings. The lowest BCUT2D eigenvalue weighted by atomic mass is 9.82. The molecule has 0 fully saturated rings. The van der Waals surface area contributed by atoms with Crippen LogP contribution >= 0.6 is 0 Å². The average molecular weight is 428 g/mol. The van der Waals surface area contributed by atoms with E-state index in [4.69, 9.17) is 14.6 Å². The van der Waals surface area contributed by atoms with Gasteiger partial charge < -0.3 is 19.5 Å². The van der Waals surface area contributed by atoms with Crippen LogP contribution < -0.4 is 9.47 Å². The molecule has 2 rings (SSSR count). The van der Waals surface area contributed by atoms with Crippen molar-refractivity contribution in [2.75, 3.05) is 33.9 Å². The van der Waals surface area contributed by atoms with E-state index in [1.54, 1.807) is 0 Å². The lowest BCUT2D eigenvalue weighted by molar-refractivity contribution is -0.139. The Morgan fingerprint density at radius 1 is 0.839 bits per heavy atom. The van der Waals surface area contributed by atoms with Gasteiger partial charge in [0.1, 0.15) is 18.1 Å². The zero-order valence-electron chi connectivity index (χ0n) is 20.2. The number of ether oxygens (including phenoxy) is 2. The summed E-state index contributed by atoms with van der Waals surface area (Å²) in [5.74, 6) is 0.539. The zero-order chi connectivity index (χ0) is 23.4. The van der Waals surface area contributed by atoms with E-state index in [1.807, 2.05) is 26.2 Å². The van der Waals surface area contributed by atoms with Crippen LogP contribution in [0, 0.1) is 0 Å². The van der Waals surface area contributed by atoms with Gasteiger partial charge in [-0.2, -0.15) is 0 Å². The molecule has 0 radical (unpaired) electrons. The molecule has 5 nitrogen and oxygen atoms in total. The summed E-state index contributed by atoms with van der Waals surface area (Å²) < 4.78 is 11.7. The molecule has 0 atom stereocenters. The molecule has 0 aromatic heterocycles. The summed E-state index contributed by atoms with van der Waals surface area (Å²) in [5.41, 5.74) is 4.05. The van der Waals surface area contributed by atoms with Crippen LogP contribution in [0.2, 0.25) is 0 Å². The van der Waals surface area contributed by atoms with Gasteiger partial charge in [-0.3, -0.25) is 0 Å². The van der Waals surface area contributed by atoms with E-state index in [2.05, 4.69) is 70.7 Å². The number of benzene rings is 2. The Morgan fingerprint density at radius 3 is 1.68 bits per heavy atom. The van der Waals surface area contributed by atoms with E-state index < -0.39 is 5.97 Å². The number of likely N-dealkylation sites (N-methyl/N-ethyl adjacent to an activating group) is 1. The summed E-state index contributed by atoms with van der Waals surface area (Å²) in [6.45, 7) is 14.0. The molecule has 31 heavy (non-hydrogen) atoms. The predicted molar refractivity (Wildman–Crippen MR) is 126 cm³/mol. The number of carbonyl (C=O) groups is 1. The molecular formula is C26H37NO4. The van der Waals surface area contributed by atoms with Crippen LogP contribution in [0.15, 0.2) is 36.4 Å². The lowest BCUT2D eigenvalue weighted by Gasteiger charge is -2.26. The first-order valence-corrected chi connectivity index (χ1v) is 10.7. The first-order chi connectivity index (χ1) is 14.3. The number of aliphatic carboxylic acids is 1. The second kappa shape index (κ2) is 9.73. The van der Waals surface area contributed by atoms with Crippen molar-refractivity contribution in [1.82, 2.24) is 4.90 Å². The maximum absolute atomic E-state index is 11.0. The van der Waals surface area contributed by atoms with E-state index in [0.29, 0.717) is 12.4 Å². The first kappa shape index (κ1) is 24.7. The summed E-state index contributed by atoms with van der Waals surface area (Å²) in [6, 6.07) is 12.3. The number of carboxylic acid groups (broad SMARTS) is 1. The Balaban J connectivity index is 2.46. The van der Waals surface area contributed by atoms with Gasteiger partial charge in [-0.15, -0.1) is 0 Å². The van der Waals surface area contributed by atoms with E-state index >= 15 is 0 Å². The third-order valence-corrected chi connectivity index (χ3v) is 5.06. The molecule has 1 N–H and O–H groups in total. The summed E-state index contributed by atoms with van der Waals surface area (Å²) in [4.78, 5) is 13.1. The smallest absolute Gasteiger partial charge is 0.341 e. The van der Waals surface area contributed by atoms with Gasteiger partial charge >= 0.3 is 5.97 Å². The second-order valence-electron chi connectivity index (χ2n) is 10.3. The average Bonchev–Trinajstić information content (AvgIpc) is 2.64. The highest BCUT2D eigenvalue weighted by Gasteiger charge is 2.23. The number of carboxylic acids is 1. The fraction of sp³-hybridized carbons (Fsp3) is 0.500. The second-order valence-corrected chi connectivity index (χ2v) is 10.3. The minimum absolute atomic E-state index is 0.0686. The minimum Gasteiger partial charge on any atom is -0.492 e. The SMILES string of the molecule is CN(C)CCOc1ccc(-c2ccc(OCC(=O)O)c(C(C)(C)C)c2)cc1C(C)(C)C. The molecule has 170 valence electrons. The molecule has 5 heteroatoms. The maximum atomic E-state index is 11.0. The molecule has 0 aliphatic heterocycles. The van der Waals surface area contributed by atoms with E-state index in [-0.39, 0.29) is 17.4 Å². The van der Waals surface area contributed by atoms with Crippen LogP contribution in [0.4, 0.5) is 0 Å². The van der Waals surface area contributed by atoms with Crippen molar-refractivity contribution in [2.45, 2.75) is 52.4 Å². The van der Waals surface area contributed by atoms with Gasteiger partial charge in [0.25, 0.3) is 0 Å². The van der Waals surface area contributed by atoms with Crippen molar-refractivity contribution in [1.29, 1.82) is 0 Å². The number of rotatable bonds is 8. The molecule has 0 heterocycles. The van der Waals surface area contributed by atoms with Crippen LogP contribution in [0.25, 0.3) is 11.1 Å². The number of hydrogen-bond acceptors (Lipinski definition) is 4. The Hall–Kier alpha value is -2.53. The first-order valence-electron chi connectivity index (χ1n) is 10.7. The summed E-state index contributed by atoms with van der Waals surface area (Å²) in [6.07, 6.45) is 0. The Bertz CT molecular complexity index is 905. The molecule has 0 aliphatic rings. The number of nitrogens with zero attached hydrogens (tertiary/aromatic N) is 1. The summed E-state index contributed by atoms with van der Waals surface area (Å²) >= 11 is 0. The maximum Gasteiger partial charge on any atom is 0.341 e. The Labute approximate surface area is 187 Å². The van der Waals surface area contributed by atoms with Gasteiger partial charge in [-0.05, 0) is 60.3 Å². The van der Waals surface area contributed by atoms with E-state index in [0.717, 1.165) is 34.5 Å². The van der Waals surface area contributed by atoms with Gasteiger partial charge in [-0.1, -0.05) is 53.7 Å². The molecule has 0 unspecified atom stereocenters. The van der Waals surface area contributed by atoms with E-state index in [1.165, 1.54) is 0 Å². The summed E-state index contributed by atoms with van der Waals surface area (Å²) in [7, 11) is 4.07. The minimum atomic E-state index is -0.983. The Kier molecular flexibility index (Phi) is 7.77. The van der Waals surface area contributed by atoms with E-state index in [9.17, 15) is 4.79 Å². The highest BCUT2D eigenvalue weighted by atomic mass is 16.5. The highest BCUT2D eigenvalue weighted by Crippen LogP contribution is 2.38. The highest BCUT2D eigenvalue weighted by molar-refractivity contribution is 5.70. The fourth-order valence-corrected chi connectivity index (χ4v) is 3.32. The Morgan fingerprint density at radius 2 is 1.29 bits per heavy atom. The van der Waals surface area contributed by atoms with Crippen molar-refractivity contribution in [2.24, 2.45) is 0 Å². The normalized spacial score (nSPS) is 12.2. The van der Waals surface area contributed by atoms with Gasteiger partial charge in [0.2, 0.25) is 0 Å². The molecule has 2 aromatic carbocycles. The lowest BCUT2D eigenvalue weighted by Crippen LogP contribution is -2.21. The molecule has 0 bridgehead atoms. The molecule has 0 amide bonds. The van der Waals surface area contributed by atoms with Crippen LogP contribution in [0.5, 0.6) is 11.5 Å². The van der Waals surface area contributed by atoms with Crippen LogP contribution in [0.1, 0.15) is 52.7 Å². The van der Waals surface area contributed by atoms with Gasteiger partial charge in [0, 0.05) is 17.7 Å². The standard InChI is InChI=1S/C26H37NO4/c1-25(2,3)20-15-18(9-11-22(20)30-14-13-27(7)8)19-10-12-23(31-17-24(28)29)21(16-19)26(4,5)6/h9-12,15-16H,13-14,17H2,1-8H3,(H,28,29). The van der Waals surface area contributed by atoms with Crippen LogP contribution in [0.3, 0.4) is 0 Å². The van der Waals surface area contributed by atoms with Crippen molar-refractivity contribution in [3.8, 4) is 22.6 Å². The third kappa shape index (κ3) is 7.00. The van der Waals surface area contributed by atoms with Crippen LogP contribution in [-0.4, -0.2) is 49.8 Å². The number of hydrogen-bond donors (Lipinski definition) is 1. The molecule has 0 spiro atoms. The summed E-state index contributed by atoms with van der Waals surface area (Å²) in [5, 5.41) is 8.99. The predicted octanol–water partition coefficient (Wildman–Crippen LogP) is 5.35. The molecule has 0 saturated heterocycles. The van der Waals surface area contributed by atoms with Crippen molar-refractivity contribution in [3.05, 3.63) is 47.5 Å². The van der Waals surface area contributed by atoms with Gasteiger partial charge in [0.15, 0.2) is 6.61 Å². The van der Waals surface area contributed by atoms with Crippen molar-refractivity contribution < 1.29 is 19.4 Å². The van der Waals surface area contributed by atoms with Gasteiger partial charge in [0.05, 0.1) is 0 Å². The molecule has 0 aliphatic carbocycles. The zero-order valence-corrected chi connectivity index (χ0v) is 20.2. The van der Waals surface area contributed by atoms with Crippen molar-refractivity contribution >= 4 is 5.97 Å². The molecular weight excluding hydrogens is 390 g/mol.